The third kappa shape index (κ3) is 5.65. The van der Waals surface area contributed by atoms with Crippen LogP contribution in [0.25, 0.3) is 11.3 Å². The maximum absolute atomic E-state index is 13.8. The number of ether oxygens (including phenoxy) is 2. The second-order valence-electron chi connectivity index (χ2n) is 9.62. The van der Waals surface area contributed by atoms with Crippen LogP contribution in [0.4, 0.5) is 4.39 Å². The van der Waals surface area contributed by atoms with Gasteiger partial charge in [0.05, 0.1) is 31.5 Å². The van der Waals surface area contributed by atoms with Gasteiger partial charge in [-0.1, -0.05) is 23.7 Å². The molecule has 39 heavy (non-hydrogen) atoms. The van der Waals surface area contributed by atoms with Gasteiger partial charge in [-0.2, -0.15) is 5.10 Å². The van der Waals surface area contributed by atoms with E-state index in [1.165, 1.54) is 25.6 Å². The molecule has 202 valence electrons. The second-order valence-corrected chi connectivity index (χ2v) is 10.0. The number of halogens is 2. The van der Waals surface area contributed by atoms with Gasteiger partial charge in [0.1, 0.15) is 41.3 Å². The van der Waals surface area contributed by atoms with E-state index in [1.807, 2.05) is 6.07 Å². The van der Waals surface area contributed by atoms with Crippen molar-refractivity contribution in [1.82, 2.24) is 19.7 Å². The summed E-state index contributed by atoms with van der Waals surface area (Å²) in [6.45, 7) is 0.462. The minimum atomic E-state index is -1.31. The molecule has 0 spiro atoms. The first-order valence-corrected chi connectivity index (χ1v) is 13.0. The van der Waals surface area contributed by atoms with Crippen LogP contribution in [0.3, 0.4) is 0 Å². The standard InChI is InChI=1S/C29H28ClFN4O4/c1-38-25-9-10-27(34-28(25)19-5-8-23(31)22(30)13-19)29(37,21-6-7-21)12-11-24(36)18-3-4-20(26(14-18)39-2)15-35-17-32-16-33-35/h3-5,8-10,13-14,16-17,21,37H,6-7,11-12,15H2,1-2H3. The summed E-state index contributed by atoms with van der Waals surface area (Å²) in [7, 11) is 3.07. The summed E-state index contributed by atoms with van der Waals surface area (Å²) in [4.78, 5) is 21.9. The van der Waals surface area contributed by atoms with Crippen molar-refractivity contribution in [3.63, 3.8) is 0 Å². The van der Waals surface area contributed by atoms with Crippen LogP contribution in [0.15, 0.2) is 61.2 Å². The van der Waals surface area contributed by atoms with Crippen molar-refractivity contribution in [2.45, 2.75) is 37.8 Å². The number of benzene rings is 2. The van der Waals surface area contributed by atoms with Gasteiger partial charge in [0.15, 0.2) is 5.78 Å². The Morgan fingerprint density at radius 1 is 1.13 bits per heavy atom. The lowest BCUT2D eigenvalue weighted by Crippen LogP contribution is -2.30. The third-order valence-electron chi connectivity index (χ3n) is 7.11. The van der Waals surface area contributed by atoms with Crippen LogP contribution in [0, 0.1) is 11.7 Å². The summed E-state index contributed by atoms with van der Waals surface area (Å²) in [6, 6.07) is 13.1. The van der Waals surface area contributed by atoms with Crippen molar-refractivity contribution >= 4 is 17.4 Å². The van der Waals surface area contributed by atoms with Gasteiger partial charge < -0.3 is 14.6 Å². The fourth-order valence-corrected chi connectivity index (χ4v) is 4.97. The Bertz CT molecular complexity index is 1490. The maximum atomic E-state index is 13.8. The molecule has 4 aromatic rings. The minimum absolute atomic E-state index is 0.0181. The molecule has 0 radical (unpaired) electrons. The molecular formula is C29H28ClFN4O4. The number of aliphatic hydroxyl groups is 1. The second kappa shape index (κ2) is 11.1. The fraction of sp³-hybridized carbons (Fsp3) is 0.310. The molecule has 1 aliphatic carbocycles. The number of ketones is 1. The van der Waals surface area contributed by atoms with Crippen molar-refractivity contribution in [2.24, 2.45) is 5.92 Å². The van der Waals surface area contributed by atoms with E-state index >= 15 is 0 Å². The average Bonchev–Trinajstić information content (AvgIpc) is 3.70. The summed E-state index contributed by atoms with van der Waals surface area (Å²) in [5.41, 5.74) is 1.50. The van der Waals surface area contributed by atoms with Crippen molar-refractivity contribution in [3.8, 4) is 22.8 Å². The van der Waals surface area contributed by atoms with Gasteiger partial charge in [-0.15, -0.1) is 0 Å². The van der Waals surface area contributed by atoms with Crippen LogP contribution in [-0.4, -0.2) is 44.9 Å². The molecule has 2 aromatic carbocycles. The summed E-state index contributed by atoms with van der Waals surface area (Å²) in [5.74, 6) is 0.378. The Morgan fingerprint density at radius 3 is 2.59 bits per heavy atom. The normalized spacial score (nSPS) is 14.6. The molecule has 10 heteroatoms. The Morgan fingerprint density at radius 2 is 1.92 bits per heavy atom. The average molecular weight is 551 g/mol. The quantitative estimate of drug-likeness (QED) is 0.248. The number of hydrogen-bond acceptors (Lipinski definition) is 7. The first-order valence-electron chi connectivity index (χ1n) is 12.6. The van der Waals surface area contributed by atoms with Gasteiger partial charge >= 0.3 is 0 Å². The zero-order valence-electron chi connectivity index (χ0n) is 21.6. The van der Waals surface area contributed by atoms with Crippen LogP contribution < -0.4 is 9.47 Å². The van der Waals surface area contributed by atoms with E-state index < -0.39 is 11.4 Å². The van der Waals surface area contributed by atoms with Gasteiger partial charge in [-0.25, -0.2) is 19.0 Å². The lowest BCUT2D eigenvalue weighted by molar-refractivity contribution is -0.00110. The Balaban J connectivity index is 1.38. The number of methoxy groups -OCH3 is 2. The first kappa shape index (κ1) is 26.8. The van der Waals surface area contributed by atoms with E-state index in [1.54, 1.807) is 48.5 Å². The van der Waals surface area contributed by atoms with E-state index in [0.717, 1.165) is 18.4 Å². The molecule has 0 aliphatic heterocycles. The lowest BCUT2D eigenvalue weighted by Gasteiger charge is -2.28. The van der Waals surface area contributed by atoms with Crippen molar-refractivity contribution < 1.29 is 23.8 Å². The monoisotopic (exact) mass is 550 g/mol. The zero-order chi connectivity index (χ0) is 27.6. The zero-order valence-corrected chi connectivity index (χ0v) is 22.4. The highest BCUT2D eigenvalue weighted by Crippen LogP contribution is 2.49. The molecule has 5 rings (SSSR count). The van der Waals surface area contributed by atoms with Gasteiger partial charge in [-0.3, -0.25) is 4.79 Å². The minimum Gasteiger partial charge on any atom is -0.496 e. The maximum Gasteiger partial charge on any atom is 0.163 e. The number of aromatic nitrogens is 4. The molecule has 0 bridgehead atoms. The Kier molecular flexibility index (Phi) is 7.63. The van der Waals surface area contributed by atoms with Crippen LogP contribution in [-0.2, 0) is 12.1 Å². The Hall–Kier alpha value is -3.82. The fourth-order valence-electron chi connectivity index (χ4n) is 4.79. The molecule has 1 atom stereocenters. The van der Waals surface area contributed by atoms with Gasteiger partial charge in [-0.05, 0) is 61.6 Å². The Labute approximate surface area is 230 Å². The van der Waals surface area contributed by atoms with Crippen LogP contribution in [0.5, 0.6) is 11.5 Å². The van der Waals surface area contributed by atoms with Crippen LogP contribution >= 0.6 is 11.6 Å². The summed E-state index contributed by atoms with van der Waals surface area (Å²) < 4.78 is 26.5. The molecule has 1 fully saturated rings. The number of carbonyl (C=O) groups is 1. The molecule has 0 amide bonds. The van der Waals surface area contributed by atoms with Gasteiger partial charge in [0, 0.05) is 23.1 Å². The topological polar surface area (TPSA) is 99.4 Å². The van der Waals surface area contributed by atoms with Crippen LogP contribution in [0.2, 0.25) is 5.02 Å². The molecule has 1 unspecified atom stereocenters. The number of hydrogen-bond donors (Lipinski definition) is 1. The van der Waals surface area contributed by atoms with E-state index in [-0.39, 0.29) is 29.6 Å². The smallest absolute Gasteiger partial charge is 0.163 e. The van der Waals surface area contributed by atoms with E-state index in [2.05, 4.69) is 10.1 Å². The number of Topliss-reactive ketones (excluding diaryl/α,β-unsaturated/α-hetero) is 1. The van der Waals surface area contributed by atoms with Crippen molar-refractivity contribution in [1.29, 1.82) is 0 Å². The highest BCUT2D eigenvalue weighted by molar-refractivity contribution is 6.31. The van der Waals surface area contributed by atoms with Gasteiger partial charge in [0.2, 0.25) is 0 Å². The van der Waals surface area contributed by atoms with Crippen molar-refractivity contribution in [2.75, 3.05) is 14.2 Å². The molecule has 2 heterocycles. The molecule has 1 aliphatic rings. The summed E-state index contributed by atoms with van der Waals surface area (Å²) in [6.07, 6.45) is 5.05. The molecular weight excluding hydrogens is 523 g/mol. The largest absolute Gasteiger partial charge is 0.496 e. The summed E-state index contributed by atoms with van der Waals surface area (Å²) in [5, 5.41) is 15.9. The molecule has 1 N–H and O–H groups in total. The summed E-state index contributed by atoms with van der Waals surface area (Å²) >= 11 is 6.01. The predicted octanol–water partition coefficient (Wildman–Crippen LogP) is 5.46. The molecule has 8 nitrogen and oxygen atoms in total. The molecule has 0 saturated heterocycles. The number of nitrogens with zero attached hydrogens (tertiary/aromatic N) is 4. The van der Waals surface area contributed by atoms with E-state index in [0.29, 0.717) is 40.6 Å². The van der Waals surface area contributed by atoms with Crippen molar-refractivity contribution in [3.05, 3.63) is 88.8 Å². The van der Waals surface area contributed by atoms with Crippen LogP contribution in [0.1, 0.15) is 47.3 Å². The SMILES string of the molecule is COc1cc(C(=O)CCC(O)(c2ccc(OC)c(-c3ccc(F)c(Cl)c3)n2)C2CC2)ccc1Cn1cncn1. The van der Waals surface area contributed by atoms with E-state index in [4.69, 9.17) is 26.1 Å². The van der Waals surface area contributed by atoms with E-state index in [9.17, 15) is 14.3 Å². The molecule has 1 saturated carbocycles. The highest BCUT2D eigenvalue weighted by atomic mass is 35.5. The number of rotatable bonds is 11. The first-order chi connectivity index (χ1) is 18.8. The number of pyridine rings is 1. The highest BCUT2D eigenvalue weighted by Gasteiger charge is 2.46. The molecule has 2 aromatic heterocycles. The lowest BCUT2D eigenvalue weighted by atomic mass is 9.86. The number of carbonyl (C=O) groups excluding carboxylic acids is 1. The van der Waals surface area contributed by atoms with Gasteiger partial charge in [0.25, 0.3) is 0 Å². The predicted molar refractivity (Wildman–Crippen MR) is 143 cm³/mol. The third-order valence-corrected chi connectivity index (χ3v) is 7.40.